The van der Waals surface area contributed by atoms with Crippen molar-refractivity contribution in [3.8, 4) is 0 Å². The molecule has 114 valence electrons. The summed E-state index contributed by atoms with van der Waals surface area (Å²) in [5, 5.41) is 2.56. The molecule has 0 atom stereocenters. The first-order chi connectivity index (χ1) is 9.74. The number of esters is 1. The molecular formula is C13H14ClNO5S. The highest BCUT2D eigenvalue weighted by atomic mass is 35.5. The number of sulfone groups is 1. The van der Waals surface area contributed by atoms with E-state index in [0.29, 0.717) is 0 Å². The smallest absolute Gasteiger partial charge is 0.330 e. The Morgan fingerprint density at radius 1 is 1.38 bits per heavy atom. The van der Waals surface area contributed by atoms with E-state index < -0.39 is 28.3 Å². The molecule has 1 N–H and O–H groups in total. The monoisotopic (exact) mass is 331 g/mol. The lowest BCUT2D eigenvalue weighted by Crippen LogP contribution is -2.20. The molecule has 0 fully saturated rings. The topological polar surface area (TPSA) is 89.5 Å². The third kappa shape index (κ3) is 5.57. The summed E-state index contributed by atoms with van der Waals surface area (Å²) >= 11 is 5.87. The minimum Gasteiger partial charge on any atom is -0.452 e. The fourth-order valence-electron chi connectivity index (χ4n) is 1.34. The molecule has 0 unspecified atom stereocenters. The minimum absolute atomic E-state index is 0.0214. The second-order valence-electron chi connectivity index (χ2n) is 4.07. The molecule has 0 saturated heterocycles. The number of nitrogens with one attached hydrogen (secondary N) is 1. The highest BCUT2D eigenvalue weighted by molar-refractivity contribution is 7.90. The molecule has 1 aromatic carbocycles. The van der Waals surface area contributed by atoms with Gasteiger partial charge < -0.3 is 10.1 Å². The van der Waals surface area contributed by atoms with Gasteiger partial charge in [-0.2, -0.15) is 0 Å². The first-order valence-corrected chi connectivity index (χ1v) is 8.10. The molecule has 0 saturated carbocycles. The van der Waals surface area contributed by atoms with Crippen molar-refractivity contribution in [2.75, 3.05) is 18.2 Å². The fourth-order valence-corrected chi connectivity index (χ4v) is 2.15. The molecule has 0 aliphatic carbocycles. The maximum atomic E-state index is 11.6. The number of carbonyl (C=O) groups is 2. The van der Waals surface area contributed by atoms with Gasteiger partial charge in [0.1, 0.15) is 0 Å². The summed E-state index contributed by atoms with van der Waals surface area (Å²) in [4.78, 5) is 22.7. The van der Waals surface area contributed by atoms with Crippen LogP contribution in [0.5, 0.6) is 0 Å². The normalized spacial score (nSPS) is 11.4. The molecule has 0 bridgehead atoms. The average molecular weight is 332 g/mol. The van der Waals surface area contributed by atoms with E-state index in [2.05, 4.69) is 10.1 Å². The predicted molar refractivity (Wildman–Crippen MR) is 79.0 cm³/mol. The van der Waals surface area contributed by atoms with Crippen molar-refractivity contribution in [1.29, 1.82) is 0 Å². The Balaban J connectivity index is 2.78. The van der Waals surface area contributed by atoms with Crippen molar-refractivity contribution in [3.63, 3.8) is 0 Å². The Kier molecular flexibility index (Phi) is 5.92. The van der Waals surface area contributed by atoms with Crippen LogP contribution in [0.4, 0.5) is 5.69 Å². The summed E-state index contributed by atoms with van der Waals surface area (Å²) in [6.07, 6.45) is 3.69. The Hall–Kier alpha value is -1.86. The van der Waals surface area contributed by atoms with Gasteiger partial charge in [0.25, 0.3) is 5.91 Å². The summed E-state index contributed by atoms with van der Waals surface area (Å²) in [6, 6.07) is 3.93. The number of amides is 1. The van der Waals surface area contributed by atoms with Crippen LogP contribution in [0.25, 0.3) is 0 Å². The molecule has 0 aromatic heterocycles. The van der Waals surface area contributed by atoms with E-state index in [1.165, 1.54) is 30.4 Å². The number of carbonyl (C=O) groups excluding carboxylic acids is 2. The van der Waals surface area contributed by atoms with Crippen molar-refractivity contribution in [1.82, 2.24) is 0 Å². The van der Waals surface area contributed by atoms with Gasteiger partial charge in [0.05, 0.1) is 15.6 Å². The van der Waals surface area contributed by atoms with Crippen LogP contribution in [-0.4, -0.2) is 33.2 Å². The molecule has 1 amide bonds. The lowest BCUT2D eigenvalue weighted by Gasteiger charge is -2.09. The summed E-state index contributed by atoms with van der Waals surface area (Å²) in [5.41, 5.74) is 0.131. The van der Waals surface area contributed by atoms with Gasteiger partial charge in [-0.3, -0.25) is 4.79 Å². The van der Waals surface area contributed by atoms with Crippen molar-refractivity contribution in [2.24, 2.45) is 0 Å². The summed E-state index contributed by atoms with van der Waals surface area (Å²) < 4.78 is 27.5. The second kappa shape index (κ2) is 7.24. The van der Waals surface area contributed by atoms with Gasteiger partial charge in [-0.15, -0.1) is 0 Å². The van der Waals surface area contributed by atoms with E-state index in [1.807, 2.05) is 0 Å². The number of rotatable bonds is 5. The summed E-state index contributed by atoms with van der Waals surface area (Å²) in [7, 11) is -3.42. The Labute approximate surface area is 127 Å². The maximum absolute atomic E-state index is 11.6. The zero-order valence-electron chi connectivity index (χ0n) is 11.4. The molecule has 0 spiro atoms. The number of benzene rings is 1. The largest absolute Gasteiger partial charge is 0.452 e. The van der Waals surface area contributed by atoms with Gasteiger partial charge in [0.15, 0.2) is 16.4 Å². The van der Waals surface area contributed by atoms with E-state index in [0.717, 1.165) is 6.26 Å². The zero-order chi connectivity index (χ0) is 16.0. The number of hydrogen-bond donors (Lipinski definition) is 1. The number of allylic oxidation sites excluding steroid dienone is 1. The van der Waals surface area contributed by atoms with E-state index in [9.17, 15) is 18.0 Å². The van der Waals surface area contributed by atoms with Crippen LogP contribution in [0.3, 0.4) is 0 Å². The Bertz CT molecular complexity index is 682. The highest BCUT2D eigenvalue weighted by Crippen LogP contribution is 2.25. The molecule has 0 aliphatic rings. The third-order valence-corrected chi connectivity index (χ3v) is 3.73. The maximum Gasteiger partial charge on any atom is 0.330 e. The zero-order valence-corrected chi connectivity index (χ0v) is 13.0. The van der Waals surface area contributed by atoms with E-state index >= 15 is 0 Å². The molecule has 0 heterocycles. The van der Waals surface area contributed by atoms with Crippen LogP contribution >= 0.6 is 11.6 Å². The Morgan fingerprint density at radius 3 is 2.62 bits per heavy atom. The first kappa shape index (κ1) is 17.2. The van der Waals surface area contributed by atoms with Crippen LogP contribution in [0, 0.1) is 0 Å². The number of hydrogen-bond acceptors (Lipinski definition) is 5. The number of anilines is 1. The first-order valence-electron chi connectivity index (χ1n) is 5.83. The van der Waals surface area contributed by atoms with Crippen LogP contribution < -0.4 is 5.32 Å². The van der Waals surface area contributed by atoms with Crippen LogP contribution in [0.15, 0.2) is 35.2 Å². The minimum atomic E-state index is -3.42. The average Bonchev–Trinajstić information content (AvgIpc) is 2.38. The van der Waals surface area contributed by atoms with Crippen LogP contribution in [-0.2, 0) is 24.2 Å². The lowest BCUT2D eigenvalue weighted by molar-refractivity contribution is -0.142. The molecule has 0 aliphatic heterocycles. The van der Waals surface area contributed by atoms with Gasteiger partial charge in [-0.05, 0) is 25.1 Å². The van der Waals surface area contributed by atoms with Crippen molar-refractivity contribution < 1.29 is 22.7 Å². The fraction of sp³-hybridized carbons (Fsp3) is 0.231. The second-order valence-corrected chi connectivity index (χ2v) is 6.49. The molecule has 1 aromatic rings. The van der Waals surface area contributed by atoms with Gasteiger partial charge in [-0.1, -0.05) is 17.7 Å². The predicted octanol–water partition coefficient (Wildman–Crippen LogP) is 1.80. The molecule has 8 heteroatoms. The van der Waals surface area contributed by atoms with Gasteiger partial charge >= 0.3 is 5.97 Å². The van der Waals surface area contributed by atoms with Gasteiger partial charge in [0.2, 0.25) is 0 Å². The quantitative estimate of drug-likeness (QED) is 0.656. The molecule has 0 radical (unpaired) electrons. The molecule has 1 rings (SSSR count). The number of halogens is 1. The Morgan fingerprint density at radius 2 is 2.05 bits per heavy atom. The van der Waals surface area contributed by atoms with Crippen LogP contribution in [0.1, 0.15) is 6.92 Å². The van der Waals surface area contributed by atoms with Gasteiger partial charge in [0, 0.05) is 12.3 Å². The molecule has 21 heavy (non-hydrogen) atoms. The van der Waals surface area contributed by atoms with E-state index in [-0.39, 0.29) is 15.6 Å². The lowest BCUT2D eigenvalue weighted by atomic mass is 10.3. The van der Waals surface area contributed by atoms with E-state index in [4.69, 9.17) is 11.6 Å². The van der Waals surface area contributed by atoms with Gasteiger partial charge in [-0.25, -0.2) is 13.2 Å². The SMILES string of the molecule is C/C=C/C(=O)OCC(=O)Nc1cc(S(C)(=O)=O)ccc1Cl. The standard InChI is InChI=1S/C13H14ClNO5S/c1-3-4-13(17)20-8-12(16)15-11-7-9(21(2,18)19)5-6-10(11)14/h3-7H,8H2,1-2H3,(H,15,16)/b4-3+. The van der Waals surface area contributed by atoms with E-state index in [1.54, 1.807) is 6.92 Å². The number of ether oxygens (including phenoxy) is 1. The van der Waals surface area contributed by atoms with Crippen LogP contribution in [0.2, 0.25) is 5.02 Å². The van der Waals surface area contributed by atoms with Crippen molar-refractivity contribution in [3.05, 3.63) is 35.4 Å². The summed E-state index contributed by atoms with van der Waals surface area (Å²) in [5.74, 6) is -1.27. The molecular weight excluding hydrogens is 318 g/mol. The summed E-state index contributed by atoms with van der Waals surface area (Å²) in [6.45, 7) is 1.14. The van der Waals surface area contributed by atoms with Crippen molar-refractivity contribution in [2.45, 2.75) is 11.8 Å². The molecule has 6 nitrogen and oxygen atoms in total. The van der Waals surface area contributed by atoms with Crippen molar-refractivity contribution >= 4 is 39.0 Å². The highest BCUT2D eigenvalue weighted by Gasteiger charge is 2.13. The third-order valence-electron chi connectivity index (χ3n) is 2.29.